The zero-order valence-electron chi connectivity index (χ0n) is 19.0. The Bertz CT molecular complexity index is 1000. The number of anilines is 1. The quantitative estimate of drug-likeness (QED) is 0.556. The summed E-state index contributed by atoms with van der Waals surface area (Å²) in [5.41, 5.74) is 2.58. The van der Waals surface area contributed by atoms with Crippen molar-refractivity contribution in [1.29, 1.82) is 0 Å². The first-order valence-corrected chi connectivity index (χ1v) is 11.3. The molecule has 0 saturated heterocycles. The summed E-state index contributed by atoms with van der Waals surface area (Å²) in [6.45, 7) is 7.11. The van der Waals surface area contributed by atoms with Crippen molar-refractivity contribution < 1.29 is 5.11 Å². The number of hydrogen-bond acceptors (Lipinski definition) is 5. The van der Waals surface area contributed by atoms with Gasteiger partial charge in [-0.05, 0) is 54.9 Å². The van der Waals surface area contributed by atoms with E-state index in [-0.39, 0.29) is 5.75 Å². The number of phenols is 1. The van der Waals surface area contributed by atoms with Gasteiger partial charge in [-0.2, -0.15) is 0 Å². The molecule has 3 aromatic rings. The SMILES string of the molecule is CC[C@]1(C)CC[C@H](C)C[C@H](N(C)c2ccc(-c3ccc(-n4ccnc4)cc3O)nn2)C1. The van der Waals surface area contributed by atoms with E-state index in [4.69, 9.17) is 0 Å². The van der Waals surface area contributed by atoms with Crippen LogP contribution in [0.3, 0.4) is 0 Å². The zero-order chi connectivity index (χ0) is 22.0. The highest BCUT2D eigenvalue weighted by Crippen LogP contribution is 2.41. The lowest BCUT2D eigenvalue weighted by molar-refractivity contribution is 0.250. The number of benzene rings is 1. The third-order valence-corrected chi connectivity index (χ3v) is 7.12. The lowest BCUT2D eigenvalue weighted by Gasteiger charge is -2.35. The predicted octanol–water partition coefficient (Wildman–Crippen LogP) is 5.47. The van der Waals surface area contributed by atoms with Crippen molar-refractivity contribution >= 4 is 5.82 Å². The number of phenolic OH excluding ortho intramolecular Hbond substituents is 1. The molecule has 6 heteroatoms. The minimum atomic E-state index is 0.179. The molecule has 1 fully saturated rings. The van der Waals surface area contributed by atoms with Crippen LogP contribution in [-0.4, -0.2) is 37.9 Å². The lowest BCUT2D eigenvalue weighted by Crippen LogP contribution is -2.36. The largest absolute Gasteiger partial charge is 0.507 e. The maximum absolute atomic E-state index is 10.6. The summed E-state index contributed by atoms with van der Waals surface area (Å²) in [5.74, 6) is 1.78. The summed E-state index contributed by atoms with van der Waals surface area (Å²) in [4.78, 5) is 6.35. The average Bonchev–Trinajstić information content (AvgIpc) is 3.27. The van der Waals surface area contributed by atoms with Gasteiger partial charge in [-0.1, -0.05) is 33.6 Å². The van der Waals surface area contributed by atoms with Gasteiger partial charge in [0.15, 0.2) is 5.82 Å². The molecule has 164 valence electrons. The van der Waals surface area contributed by atoms with Gasteiger partial charge in [-0.25, -0.2) is 4.98 Å². The van der Waals surface area contributed by atoms with Crippen LogP contribution >= 0.6 is 0 Å². The van der Waals surface area contributed by atoms with E-state index in [0.717, 1.165) is 17.4 Å². The van der Waals surface area contributed by atoms with Gasteiger partial charge in [0.1, 0.15) is 5.75 Å². The second-order valence-electron chi connectivity index (χ2n) is 9.46. The Kier molecular flexibility index (Phi) is 5.99. The van der Waals surface area contributed by atoms with E-state index in [9.17, 15) is 5.11 Å². The molecule has 0 amide bonds. The minimum absolute atomic E-state index is 0.179. The summed E-state index contributed by atoms with van der Waals surface area (Å²) in [6.07, 6.45) is 11.4. The molecule has 6 nitrogen and oxygen atoms in total. The fourth-order valence-electron chi connectivity index (χ4n) is 4.70. The van der Waals surface area contributed by atoms with E-state index < -0.39 is 0 Å². The average molecular weight is 420 g/mol. The summed E-state index contributed by atoms with van der Waals surface area (Å²) in [7, 11) is 2.14. The Balaban J connectivity index is 1.54. The summed E-state index contributed by atoms with van der Waals surface area (Å²) >= 11 is 0. The highest BCUT2D eigenvalue weighted by Gasteiger charge is 2.33. The number of imidazole rings is 1. The molecule has 4 rings (SSSR count). The monoisotopic (exact) mass is 419 g/mol. The molecule has 3 atom stereocenters. The van der Waals surface area contributed by atoms with Gasteiger partial charge in [0, 0.05) is 37.1 Å². The summed E-state index contributed by atoms with van der Waals surface area (Å²) < 4.78 is 1.85. The first kappa shape index (κ1) is 21.3. The third-order valence-electron chi connectivity index (χ3n) is 7.12. The van der Waals surface area contributed by atoms with Crippen LogP contribution < -0.4 is 4.90 Å². The van der Waals surface area contributed by atoms with Gasteiger partial charge in [0.2, 0.25) is 0 Å². The first-order valence-electron chi connectivity index (χ1n) is 11.3. The van der Waals surface area contributed by atoms with E-state index in [0.29, 0.717) is 22.7 Å². The first-order chi connectivity index (χ1) is 14.9. The van der Waals surface area contributed by atoms with Crippen LogP contribution in [0.25, 0.3) is 16.9 Å². The molecular formula is C25H33N5O. The fraction of sp³-hybridized carbons (Fsp3) is 0.480. The predicted molar refractivity (Wildman–Crippen MR) is 124 cm³/mol. The smallest absolute Gasteiger partial charge is 0.151 e. The Labute approximate surface area is 185 Å². The van der Waals surface area contributed by atoms with Gasteiger partial charge in [-0.15, -0.1) is 10.2 Å². The Hall–Kier alpha value is -2.89. The van der Waals surface area contributed by atoms with Gasteiger partial charge in [0.25, 0.3) is 0 Å². The number of aromatic nitrogens is 4. The van der Waals surface area contributed by atoms with E-state index in [1.54, 1.807) is 18.6 Å². The number of aromatic hydroxyl groups is 1. The topological polar surface area (TPSA) is 67.1 Å². The van der Waals surface area contributed by atoms with Crippen LogP contribution in [0, 0.1) is 11.3 Å². The molecule has 2 heterocycles. The highest BCUT2D eigenvalue weighted by molar-refractivity contribution is 5.69. The fourth-order valence-corrected chi connectivity index (χ4v) is 4.70. The van der Waals surface area contributed by atoms with E-state index >= 15 is 0 Å². The van der Waals surface area contributed by atoms with Crippen molar-refractivity contribution in [3.05, 3.63) is 49.1 Å². The molecule has 1 aliphatic rings. The van der Waals surface area contributed by atoms with Crippen molar-refractivity contribution in [1.82, 2.24) is 19.7 Å². The molecule has 1 aromatic carbocycles. The molecule has 1 aliphatic carbocycles. The zero-order valence-corrected chi connectivity index (χ0v) is 19.0. The molecule has 31 heavy (non-hydrogen) atoms. The van der Waals surface area contributed by atoms with Crippen LogP contribution in [0.15, 0.2) is 49.1 Å². The Morgan fingerprint density at radius 2 is 2.06 bits per heavy atom. The van der Waals surface area contributed by atoms with Crippen molar-refractivity contribution in [2.24, 2.45) is 11.3 Å². The van der Waals surface area contributed by atoms with Gasteiger partial charge >= 0.3 is 0 Å². The van der Waals surface area contributed by atoms with E-state index in [1.165, 1.54) is 32.1 Å². The number of hydrogen-bond donors (Lipinski definition) is 1. The number of nitrogens with zero attached hydrogens (tertiary/aromatic N) is 5. The van der Waals surface area contributed by atoms with Crippen LogP contribution in [0.4, 0.5) is 5.82 Å². The minimum Gasteiger partial charge on any atom is -0.507 e. The van der Waals surface area contributed by atoms with Crippen LogP contribution in [-0.2, 0) is 0 Å². The molecular weight excluding hydrogens is 386 g/mol. The van der Waals surface area contributed by atoms with Crippen molar-refractivity contribution in [2.45, 2.75) is 58.9 Å². The molecule has 0 spiro atoms. The molecule has 0 bridgehead atoms. The van der Waals surface area contributed by atoms with Crippen LogP contribution in [0.2, 0.25) is 0 Å². The molecule has 0 radical (unpaired) electrons. The molecule has 0 aliphatic heterocycles. The normalized spacial score (nSPS) is 24.0. The Morgan fingerprint density at radius 1 is 1.23 bits per heavy atom. The highest BCUT2D eigenvalue weighted by atomic mass is 16.3. The van der Waals surface area contributed by atoms with Crippen molar-refractivity contribution in [2.75, 3.05) is 11.9 Å². The van der Waals surface area contributed by atoms with Crippen molar-refractivity contribution in [3.8, 4) is 22.7 Å². The molecule has 1 N–H and O–H groups in total. The standard InChI is InChI=1S/C25H33N5O/c1-5-25(3)11-10-18(2)14-20(16-25)29(4)24-9-8-22(27-28-24)21-7-6-19(15-23(21)31)30-13-12-26-17-30/h6-9,12-13,15,17-18,20,31H,5,10-11,14,16H2,1-4H3/t18-,20-,25+/m0/s1. The third kappa shape index (κ3) is 4.58. The maximum atomic E-state index is 10.6. The summed E-state index contributed by atoms with van der Waals surface area (Å²) in [6, 6.07) is 9.96. The summed E-state index contributed by atoms with van der Waals surface area (Å²) in [5, 5.41) is 19.5. The molecule has 1 saturated carbocycles. The van der Waals surface area contributed by atoms with E-state index in [1.807, 2.05) is 35.0 Å². The van der Waals surface area contributed by atoms with Crippen LogP contribution in [0.1, 0.15) is 52.9 Å². The Morgan fingerprint density at radius 3 is 2.71 bits per heavy atom. The number of rotatable bonds is 5. The second kappa shape index (κ2) is 8.69. The lowest BCUT2D eigenvalue weighted by atomic mass is 9.79. The maximum Gasteiger partial charge on any atom is 0.151 e. The molecule has 0 unspecified atom stereocenters. The second-order valence-corrected chi connectivity index (χ2v) is 9.46. The van der Waals surface area contributed by atoms with Crippen molar-refractivity contribution in [3.63, 3.8) is 0 Å². The van der Waals surface area contributed by atoms with Crippen LogP contribution in [0.5, 0.6) is 5.75 Å². The van der Waals surface area contributed by atoms with Gasteiger partial charge in [-0.3, -0.25) is 0 Å². The van der Waals surface area contributed by atoms with Gasteiger partial charge in [0.05, 0.1) is 17.7 Å². The van der Waals surface area contributed by atoms with E-state index in [2.05, 4.69) is 47.9 Å². The molecule has 2 aromatic heterocycles. The van der Waals surface area contributed by atoms with Gasteiger partial charge < -0.3 is 14.6 Å².